The molecule has 2 unspecified atom stereocenters. The van der Waals surface area contributed by atoms with E-state index in [0.29, 0.717) is 36.2 Å². The highest BCUT2D eigenvalue weighted by Gasteiger charge is 2.66. The van der Waals surface area contributed by atoms with E-state index in [1.807, 2.05) is 98.9 Å². The van der Waals surface area contributed by atoms with E-state index in [4.69, 9.17) is 24.9 Å². The van der Waals surface area contributed by atoms with Crippen LogP contribution in [0.15, 0.2) is 72.4 Å². The number of carboxylic acid groups (broad SMARTS) is 1. The number of aliphatic hydroxyl groups excluding tert-OH is 1. The van der Waals surface area contributed by atoms with Crippen LogP contribution < -0.4 is 20.9 Å². The smallest absolute Gasteiger partial charge is 0.355 e. The number of carboxylic acids is 1. The highest BCUT2D eigenvalue weighted by atomic mass is 32.2. The molecule has 0 radical (unpaired) electrons. The normalized spacial score (nSPS) is 23.6. The van der Waals surface area contributed by atoms with Crippen molar-refractivity contribution in [3.05, 3.63) is 106 Å². The molecule has 3 amide bonds. The number of pyridine rings is 1. The van der Waals surface area contributed by atoms with Gasteiger partial charge in [0, 0.05) is 71.8 Å². The van der Waals surface area contributed by atoms with Crippen molar-refractivity contribution in [2.75, 3.05) is 55.8 Å². The number of likely N-dealkylation sites (tertiary alicyclic amines) is 1. The molecule has 6 fully saturated rings. The summed E-state index contributed by atoms with van der Waals surface area (Å²) in [5, 5.41) is 45.8. The van der Waals surface area contributed by atoms with E-state index in [1.165, 1.54) is 49.8 Å². The molecule has 1 saturated heterocycles. The number of nitrogens with one attached hydrogen (secondary N) is 3. The van der Waals surface area contributed by atoms with Crippen LogP contribution in [0.4, 0.5) is 27.0 Å². The zero-order valence-corrected chi connectivity index (χ0v) is 63.1. The van der Waals surface area contributed by atoms with Crippen molar-refractivity contribution in [2.45, 2.75) is 231 Å². The number of hydrogen-bond acceptors (Lipinski definition) is 18. The summed E-state index contributed by atoms with van der Waals surface area (Å²) < 4.78 is 24.8. The Morgan fingerprint density at radius 1 is 0.853 bits per heavy atom. The first kappa shape index (κ1) is 73.4. The Morgan fingerprint density at radius 3 is 2.26 bits per heavy atom. The van der Waals surface area contributed by atoms with Crippen molar-refractivity contribution in [2.24, 2.45) is 16.2 Å². The predicted octanol–water partition coefficient (Wildman–Crippen LogP) is 14.7. The third-order valence-corrected chi connectivity index (χ3v) is 26.1. The molecular weight excluding hydrogens is 1350 g/mol. The maximum atomic E-state index is 15.2. The number of alkyl halides is 1. The number of fused-ring (bicyclic) bond motifs is 2. The molecule has 2 aromatic carbocycles. The number of hydrogen-bond donors (Lipinski definition) is 5. The average molecular weight is 1450 g/mol. The maximum absolute atomic E-state index is 15.2. The van der Waals surface area contributed by atoms with Gasteiger partial charge in [0.15, 0.2) is 28.1 Å². The number of anilines is 4. The first-order chi connectivity index (χ1) is 48.8. The number of para-hydroxylation sites is 1. The summed E-state index contributed by atoms with van der Waals surface area (Å²) in [6, 6.07) is 17.7. The minimum Gasteiger partial charge on any atom is -0.476 e. The summed E-state index contributed by atoms with van der Waals surface area (Å²) in [5.41, 5.74) is 8.10. The molecule has 5 N–H and O–H groups in total. The standard InChI is InChI=1S/C78H102FN13O7S3/c1-50-56-22-21-34-90(67(56)88-87-66(50)86-72-83-59-23-17-18-24-61(59)102-72)62-30-29-57(63(84-62)70(96)97)58-40-82-92(52(58)3)48-76-43-74(6)42-75(7,44-76)46-77(45-74,47-76)99-36-35-89(8)33-19-15-13-11-9-10-12-14-16-20-37-101-73(4,5)65(85-71(98)78(79)31-32-78)69(95)91-41-55(93)38-60(91)68(94)80-39-53-25-27-54(28-26-53)64-51(2)81-49-100-64/h17-18,23-30,40,49,55,60,65,93H,9-16,19-22,31-39,41-48H2,1-8H3,(H,80,94)(H,85,98)(H,96,97)(H,83,86,87)/t55-,60+,65-,74?,75?,76?,77?/m1/s1. The van der Waals surface area contributed by atoms with Gasteiger partial charge in [-0.05, 0) is 183 Å². The summed E-state index contributed by atoms with van der Waals surface area (Å²) in [6.07, 6.45) is 21.0. The van der Waals surface area contributed by atoms with Crippen LogP contribution in [0, 0.1) is 37.0 Å². The van der Waals surface area contributed by atoms with Crippen LogP contribution in [0.5, 0.6) is 0 Å². The number of amides is 3. The second kappa shape index (κ2) is 30.3. The Bertz CT molecular complexity index is 4140. The van der Waals surface area contributed by atoms with Gasteiger partial charge in [-0.15, -0.1) is 21.5 Å². The lowest BCUT2D eigenvalue weighted by molar-refractivity contribution is -0.248. The van der Waals surface area contributed by atoms with Crippen molar-refractivity contribution in [1.82, 2.24) is 55.4 Å². The van der Waals surface area contributed by atoms with Crippen molar-refractivity contribution in [1.29, 1.82) is 0 Å². The minimum atomic E-state index is -1.98. The fraction of sp³-hybridized carbons (Fsp3) is 0.590. The van der Waals surface area contributed by atoms with Gasteiger partial charge in [-0.3, -0.25) is 19.1 Å². The van der Waals surface area contributed by atoms with E-state index < -0.39 is 46.4 Å². The van der Waals surface area contributed by atoms with Gasteiger partial charge >= 0.3 is 5.97 Å². The van der Waals surface area contributed by atoms with E-state index in [-0.39, 0.29) is 65.8 Å². The zero-order valence-electron chi connectivity index (χ0n) is 60.7. The van der Waals surface area contributed by atoms with Crippen LogP contribution in [-0.2, 0) is 38.6 Å². The zero-order chi connectivity index (χ0) is 71.8. The number of unbranched alkanes of at least 4 members (excludes halogenated alkanes) is 9. The number of ether oxygens (including phenoxy) is 1. The van der Waals surface area contributed by atoms with Crippen LogP contribution in [0.1, 0.15) is 195 Å². The average Bonchev–Trinajstić information content (AvgIpc) is 0.787. The Hall–Kier alpha value is -6.96. The molecular formula is C78H102FN13O7S3. The molecule has 5 saturated carbocycles. The van der Waals surface area contributed by atoms with Gasteiger partial charge in [-0.2, -0.15) is 16.9 Å². The van der Waals surface area contributed by atoms with Crippen LogP contribution in [0.25, 0.3) is 31.8 Å². The molecule has 24 heteroatoms. The first-order valence-electron chi connectivity index (χ1n) is 37.1. The lowest BCUT2D eigenvalue weighted by Crippen LogP contribution is -2.64. The minimum absolute atomic E-state index is 0.00147. The number of aromatic nitrogens is 7. The van der Waals surface area contributed by atoms with Gasteiger partial charge in [0.1, 0.15) is 17.9 Å². The van der Waals surface area contributed by atoms with Gasteiger partial charge in [0.05, 0.1) is 50.8 Å². The number of thiazole rings is 2. The van der Waals surface area contributed by atoms with Crippen molar-refractivity contribution in [3.63, 3.8) is 0 Å². The Kier molecular flexibility index (Phi) is 21.8. The first-order valence-corrected chi connectivity index (χ1v) is 39.8. The number of aryl methyl sites for hydroxylation is 1. The molecule has 7 heterocycles. The molecule has 7 aromatic rings. The summed E-state index contributed by atoms with van der Waals surface area (Å²) >= 11 is 4.73. The van der Waals surface area contributed by atoms with E-state index in [1.54, 1.807) is 34.4 Å². The highest BCUT2D eigenvalue weighted by Crippen LogP contribution is 2.72. The van der Waals surface area contributed by atoms with E-state index in [2.05, 4.69) is 69.5 Å². The fourth-order valence-corrected chi connectivity index (χ4v) is 21.3. The number of rotatable bonds is 33. The second-order valence-corrected chi connectivity index (χ2v) is 35.6. The maximum Gasteiger partial charge on any atom is 0.355 e. The van der Waals surface area contributed by atoms with Gasteiger partial charge in [0.25, 0.3) is 5.91 Å². The Morgan fingerprint density at radius 2 is 1.57 bits per heavy atom. The Balaban J connectivity index is 0.526. The number of carbonyl (C=O) groups is 4. The SMILES string of the molecule is Cc1ncsc1-c1ccc(CNC(=O)[C@@H]2C[C@@H](O)CN2C(=O)[C@@H](NC(=O)C2(F)CC2)C(C)(C)SCCCCCCCCCCCCN(C)CCOC23CC4(C)CC(C)(CC(Cn5ncc(-c6ccc(N7CCCc8c7nnc(Nc7nc9ccccc9s7)c8C)nc6C(=O)O)c5C)(C4)C2)C3)cc1. The second-order valence-electron chi connectivity index (χ2n) is 32.0. The molecule has 5 aliphatic carbocycles. The number of likely N-dealkylation sites (N-methyl/N-ethyl adjacent to an activating group) is 1. The number of thioether (sulfide) groups is 1. The summed E-state index contributed by atoms with van der Waals surface area (Å²) in [7, 11) is 2.23. The molecule has 20 nitrogen and oxygen atoms in total. The van der Waals surface area contributed by atoms with Gasteiger partial charge < -0.3 is 45.6 Å². The summed E-state index contributed by atoms with van der Waals surface area (Å²) in [5.74, 6) is -0.122. The van der Waals surface area contributed by atoms with Crippen LogP contribution in [-0.4, -0.2) is 158 Å². The third-order valence-electron chi connectivity index (χ3n) is 22.7. The molecule has 4 bridgehead atoms. The molecule has 5 atom stereocenters. The third kappa shape index (κ3) is 16.3. The molecule has 7 aliphatic rings. The van der Waals surface area contributed by atoms with Gasteiger partial charge in [-0.1, -0.05) is 113 Å². The quantitative estimate of drug-likeness (QED) is 0.0240. The number of halogens is 1. The molecule has 14 rings (SSSR count). The van der Waals surface area contributed by atoms with Gasteiger partial charge in [-0.25, -0.2) is 24.1 Å². The highest BCUT2D eigenvalue weighted by molar-refractivity contribution is 8.00. The number of aromatic carboxylic acids is 1. The van der Waals surface area contributed by atoms with Crippen LogP contribution in [0.2, 0.25) is 0 Å². The monoisotopic (exact) mass is 1450 g/mol. The Labute approximate surface area is 611 Å². The molecule has 102 heavy (non-hydrogen) atoms. The molecule has 5 aromatic heterocycles. The molecule has 546 valence electrons. The largest absolute Gasteiger partial charge is 0.476 e. The van der Waals surface area contributed by atoms with E-state index in [0.717, 1.165) is 155 Å². The summed E-state index contributed by atoms with van der Waals surface area (Å²) in [6.45, 7) is 19.1. The lowest BCUT2D eigenvalue weighted by Gasteiger charge is -2.69. The topological polar surface area (TPSA) is 246 Å². The van der Waals surface area contributed by atoms with Crippen molar-refractivity contribution in [3.8, 4) is 21.6 Å². The number of nitrogens with zero attached hydrogens (tertiary/aromatic N) is 10. The van der Waals surface area contributed by atoms with Crippen molar-refractivity contribution >= 4 is 90.9 Å². The van der Waals surface area contributed by atoms with Gasteiger partial charge in [0.2, 0.25) is 11.8 Å². The van der Waals surface area contributed by atoms with E-state index in [9.17, 15) is 29.4 Å². The predicted molar refractivity (Wildman–Crippen MR) is 403 cm³/mol. The summed E-state index contributed by atoms with van der Waals surface area (Å²) in [4.78, 5) is 75.5. The number of benzene rings is 2. The van der Waals surface area contributed by atoms with Crippen molar-refractivity contribution < 1.29 is 38.5 Å². The van der Waals surface area contributed by atoms with Crippen LogP contribution >= 0.6 is 34.4 Å². The molecule has 0 spiro atoms. The number of β-amino-alcohol motifs (C(OH)–C–C–N with tert-alkyl or cyclic N) is 1. The number of carbonyl (C=O) groups excluding carboxylic acids is 3. The van der Waals surface area contributed by atoms with E-state index >= 15 is 4.39 Å². The number of aliphatic hydroxyl groups is 1. The van der Waals surface area contributed by atoms with Crippen LogP contribution in [0.3, 0.4) is 0 Å². The molecule has 2 aliphatic heterocycles. The lowest BCUT2D eigenvalue weighted by atomic mass is 9.39. The fourth-order valence-electron chi connectivity index (χ4n) is 18.4.